The molecule has 94 valence electrons. The van der Waals surface area contributed by atoms with Crippen molar-refractivity contribution in [3.63, 3.8) is 0 Å². The Kier molecular flexibility index (Phi) is 3.89. The molecule has 3 nitrogen and oxygen atoms in total. The topological polar surface area (TPSA) is 55.1 Å². The number of amides is 1. The zero-order valence-electron chi connectivity index (χ0n) is 9.87. The van der Waals surface area contributed by atoms with Crippen LogP contribution < -0.4 is 11.1 Å². The summed E-state index contributed by atoms with van der Waals surface area (Å²) >= 11 is 7.65. The number of rotatable bonds is 3. The maximum atomic E-state index is 12.0. The number of carbonyl (C=O) groups excluding carboxylic acids is 1. The second-order valence-electron chi connectivity index (χ2n) is 3.90. The minimum atomic E-state index is -0.210. The van der Waals surface area contributed by atoms with Crippen molar-refractivity contribution in [1.82, 2.24) is 5.32 Å². The number of nitrogens with two attached hydrogens (primary N) is 1. The molecule has 5 heteroatoms. The Morgan fingerprint density at radius 3 is 2.83 bits per heavy atom. The van der Waals surface area contributed by atoms with Gasteiger partial charge in [0.25, 0.3) is 5.91 Å². The second-order valence-corrected chi connectivity index (χ2v) is 5.65. The van der Waals surface area contributed by atoms with Crippen LogP contribution in [0.15, 0.2) is 30.3 Å². The van der Waals surface area contributed by atoms with Gasteiger partial charge in [0.05, 0.1) is 22.8 Å². The normalized spacial score (nSPS) is 10.3. The average molecular weight is 281 g/mol. The molecule has 0 unspecified atom stereocenters. The lowest BCUT2D eigenvalue weighted by atomic mass is 10.2. The fraction of sp³-hybridized carbons (Fsp3) is 0.154. The number of hydrogen-bond donors (Lipinski definition) is 2. The molecule has 0 spiro atoms. The van der Waals surface area contributed by atoms with Crippen molar-refractivity contribution < 1.29 is 4.79 Å². The van der Waals surface area contributed by atoms with Crippen LogP contribution in [-0.4, -0.2) is 5.91 Å². The van der Waals surface area contributed by atoms with Gasteiger partial charge in [-0.15, -0.1) is 11.3 Å². The molecule has 2 rings (SSSR count). The van der Waals surface area contributed by atoms with Crippen LogP contribution in [0.5, 0.6) is 0 Å². The van der Waals surface area contributed by atoms with Crippen LogP contribution in [0.4, 0.5) is 5.69 Å². The average Bonchev–Trinajstić information content (AvgIpc) is 2.76. The van der Waals surface area contributed by atoms with Gasteiger partial charge in [-0.2, -0.15) is 0 Å². The summed E-state index contributed by atoms with van der Waals surface area (Å²) in [5.41, 5.74) is 6.48. The molecule has 0 saturated heterocycles. The van der Waals surface area contributed by atoms with Gasteiger partial charge in [0.2, 0.25) is 0 Å². The molecule has 0 bridgehead atoms. The highest BCUT2D eigenvalue weighted by atomic mass is 35.5. The first-order valence-electron chi connectivity index (χ1n) is 5.45. The fourth-order valence-electron chi connectivity index (χ4n) is 1.57. The molecular formula is C13H13ClN2OS. The predicted molar refractivity (Wildman–Crippen MR) is 76.1 cm³/mol. The summed E-state index contributed by atoms with van der Waals surface area (Å²) in [7, 11) is 0. The zero-order valence-corrected chi connectivity index (χ0v) is 11.4. The standard InChI is InChI=1S/C13H13ClN2OS/c1-8-5-6-9(18-8)7-16-13(17)10-3-2-4-11(15)12(10)14/h2-6H,7,15H2,1H3,(H,16,17). The number of carbonyl (C=O) groups is 1. The van der Waals surface area contributed by atoms with E-state index in [1.165, 1.54) is 4.88 Å². The quantitative estimate of drug-likeness (QED) is 0.848. The maximum Gasteiger partial charge on any atom is 0.253 e. The Balaban J connectivity index is 2.06. The molecule has 3 N–H and O–H groups in total. The van der Waals surface area contributed by atoms with Crippen LogP contribution in [0.25, 0.3) is 0 Å². The number of nitrogen functional groups attached to an aromatic ring is 1. The summed E-state index contributed by atoms with van der Waals surface area (Å²) in [4.78, 5) is 14.3. The molecular weight excluding hydrogens is 268 g/mol. The second kappa shape index (κ2) is 5.42. The number of halogens is 1. The van der Waals surface area contributed by atoms with Gasteiger partial charge < -0.3 is 11.1 Å². The third-order valence-corrected chi connectivity index (χ3v) is 3.91. The third-order valence-electron chi connectivity index (χ3n) is 2.49. The first-order chi connectivity index (χ1) is 8.58. The van der Waals surface area contributed by atoms with Gasteiger partial charge in [-0.1, -0.05) is 17.7 Å². The van der Waals surface area contributed by atoms with Crippen molar-refractivity contribution in [2.45, 2.75) is 13.5 Å². The highest BCUT2D eigenvalue weighted by Crippen LogP contribution is 2.23. The predicted octanol–water partition coefficient (Wildman–Crippen LogP) is 3.22. The van der Waals surface area contributed by atoms with Crippen molar-refractivity contribution in [3.05, 3.63) is 50.7 Å². The van der Waals surface area contributed by atoms with E-state index >= 15 is 0 Å². The number of benzene rings is 1. The van der Waals surface area contributed by atoms with Gasteiger partial charge in [0, 0.05) is 9.75 Å². The largest absolute Gasteiger partial charge is 0.398 e. The van der Waals surface area contributed by atoms with Crippen LogP contribution in [0.3, 0.4) is 0 Å². The molecule has 2 aromatic rings. The lowest BCUT2D eigenvalue weighted by molar-refractivity contribution is 0.0951. The SMILES string of the molecule is Cc1ccc(CNC(=O)c2cccc(N)c2Cl)s1. The molecule has 0 fully saturated rings. The van der Waals surface area contributed by atoms with Crippen LogP contribution in [0.1, 0.15) is 20.1 Å². The van der Waals surface area contributed by atoms with Crippen molar-refractivity contribution in [2.24, 2.45) is 0 Å². The highest BCUT2D eigenvalue weighted by molar-refractivity contribution is 7.11. The Labute approximate surface area is 115 Å². The summed E-state index contributed by atoms with van der Waals surface area (Å²) in [5, 5.41) is 3.13. The van der Waals surface area contributed by atoms with Crippen molar-refractivity contribution in [3.8, 4) is 0 Å². The smallest absolute Gasteiger partial charge is 0.253 e. The van der Waals surface area contributed by atoms with E-state index in [0.29, 0.717) is 22.8 Å². The highest BCUT2D eigenvalue weighted by Gasteiger charge is 2.11. The molecule has 0 aliphatic rings. The van der Waals surface area contributed by atoms with Gasteiger partial charge in [0.15, 0.2) is 0 Å². The van der Waals surface area contributed by atoms with Gasteiger partial charge in [-0.25, -0.2) is 0 Å². The molecule has 1 heterocycles. The molecule has 1 aromatic carbocycles. The van der Waals surface area contributed by atoms with E-state index in [-0.39, 0.29) is 5.91 Å². The molecule has 1 aromatic heterocycles. The van der Waals surface area contributed by atoms with Crippen LogP contribution in [0.2, 0.25) is 5.02 Å². The van der Waals surface area contributed by atoms with Gasteiger partial charge in [-0.3, -0.25) is 4.79 Å². The van der Waals surface area contributed by atoms with E-state index in [1.54, 1.807) is 29.5 Å². The minimum Gasteiger partial charge on any atom is -0.398 e. The van der Waals surface area contributed by atoms with Crippen LogP contribution in [-0.2, 0) is 6.54 Å². The molecule has 0 aliphatic carbocycles. The molecule has 0 aliphatic heterocycles. The van der Waals surface area contributed by atoms with E-state index in [4.69, 9.17) is 17.3 Å². The number of nitrogens with one attached hydrogen (secondary N) is 1. The molecule has 0 saturated carbocycles. The number of hydrogen-bond acceptors (Lipinski definition) is 3. The fourth-order valence-corrected chi connectivity index (χ4v) is 2.61. The van der Waals surface area contributed by atoms with Gasteiger partial charge >= 0.3 is 0 Å². The monoisotopic (exact) mass is 280 g/mol. The van der Waals surface area contributed by atoms with Gasteiger partial charge in [0.1, 0.15) is 0 Å². The summed E-state index contributed by atoms with van der Waals surface area (Å²) < 4.78 is 0. The minimum absolute atomic E-state index is 0.210. The molecule has 0 atom stereocenters. The van der Waals surface area contributed by atoms with E-state index < -0.39 is 0 Å². The van der Waals surface area contributed by atoms with Crippen molar-refractivity contribution in [2.75, 3.05) is 5.73 Å². The van der Waals surface area contributed by atoms with E-state index in [1.807, 2.05) is 19.1 Å². The zero-order chi connectivity index (χ0) is 13.1. The Bertz CT molecular complexity index is 580. The summed E-state index contributed by atoms with van der Waals surface area (Å²) in [5.74, 6) is -0.210. The Hall–Kier alpha value is -1.52. The maximum absolute atomic E-state index is 12.0. The van der Waals surface area contributed by atoms with Crippen molar-refractivity contribution in [1.29, 1.82) is 0 Å². The first kappa shape index (κ1) is 12.9. The lowest BCUT2D eigenvalue weighted by Gasteiger charge is -2.07. The number of anilines is 1. The van der Waals surface area contributed by atoms with Gasteiger partial charge in [-0.05, 0) is 31.2 Å². The summed E-state index contributed by atoms with van der Waals surface area (Å²) in [6, 6.07) is 9.07. The first-order valence-corrected chi connectivity index (χ1v) is 6.65. The number of aryl methyl sites for hydroxylation is 1. The van der Waals surface area contributed by atoms with E-state index in [9.17, 15) is 4.79 Å². The molecule has 1 amide bonds. The summed E-state index contributed by atoms with van der Waals surface area (Å²) in [6.45, 7) is 2.53. The van der Waals surface area contributed by atoms with Crippen LogP contribution in [0, 0.1) is 6.92 Å². The lowest BCUT2D eigenvalue weighted by Crippen LogP contribution is -2.22. The molecule has 18 heavy (non-hydrogen) atoms. The third kappa shape index (κ3) is 2.83. The van der Waals surface area contributed by atoms with Crippen molar-refractivity contribution >= 4 is 34.5 Å². The molecule has 0 radical (unpaired) electrons. The summed E-state index contributed by atoms with van der Waals surface area (Å²) in [6.07, 6.45) is 0. The van der Waals surface area contributed by atoms with E-state index in [0.717, 1.165) is 4.88 Å². The Morgan fingerprint density at radius 1 is 1.39 bits per heavy atom. The Morgan fingerprint density at radius 2 is 2.17 bits per heavy atom. The van der Waals surface area contributed by atoms with Crippen LogP contribution >= 0.6 is 22.9 Å². The number of thiophene rings is 1. The van der Waals surface area contributed by atoms with E-state index in [2.05, 4.69) is 5.32 Å².